The van der Waals surface area contributed by atoms with Gasteiger partial charge < -0.3 is 10.4 Å². The number of hydrogen-bond acceptors (Lipinski definition) is 2. The Hall–Kier alpha value is -2.39. The number of hydrogen-bond donors (Lipinski definition) is 2. The lowest BCUT2D eigenvalue weighted by atomic mass is 9.92. The van der Waals surface area contributed by atoms with Crippen LogP contribution in [0, 0.1) is 5.92 Å². The van der Waals surface area contributed by atoms with Crippen LogP contribution in [0.2, 0.25) is 0 Å². The quantitative estimate of drug-likeness (QED) is 0.772. The van der Waals surface area contributed by atoms with Crippen LogP contribution in [0.25, 0.3) is 0 Å². The number of amides is 1. The largest absolute Gasteiger partial charge is 0.390 e. The van der Waals surface area contributed by atoms with E-state index in [2.05, 4.69) is 11.9 Å². The van der Waals surface area contributed by atoms with Gasteiger partial charge in [0.05, 0.1) is 12.1 Å². The van der Waals surface area contributed by atoms with Gasteiger partial charge in [-0.2, -0.15) is 0 Å². The molecule has 2 N–H and O–H groups in total. The van der Waals surface area contributed by atoms with Crippen molar-refractivity contribution in [1.29, 1.82) is 0 Å². The van der Waals surface area contributed by atoms with Gasteiger partial charge in [-0.05, 0) is 24.1 Å². The van der Waals surface area contributed by atoms with Crippen LogP contribution in [0.5, 0.6) is 0 Å². The number of carbonyl (C=O) groups excluding carboxylic acids is 1. The summed E-state index contributed by atoms with van der Waals surface area (Å²) in [6.07, 6.45) is 1.58. The zero-order chi connectivity index (χ0) is 16.7. The molecule has 0 bridgehead atoms. The summed E-state index contributed by atoms with van der Waals surface area (Å²) in [5, 5.41) is 13.5. The maximum Gasteiger partial charge on any atom is 0.251 e. The van der Waals surface area contributed by atoms with Crippen molar-refractivity contribution >= 4 is 5.91 Å². The van der Waals surface area contributed by atoms with Crippen molar-refractivity contribution in [2.45, 2.75) is 25.5 Å². The van der Waals surface area contributed by atoms with Crippen LogP contribution < -0.4 is 5.32 Å². The fourth-order valence-electron chi connectivity index (χ4n) is 2.47. The van der Waals surface area contributed by atoms with Crippen LogP contribution in [-0.4, -0.2) is 23.2 Å². The molecule has 0 saturated carbocycles. The van der Waals surface area contributed by atoms with E-state index in [-0.39, 0.29) is 17.9 Å². The number of rotatable bonds is 7. The van der Waals surface area contributed by atoms with Crippen molar-refractivity contribution in [2.24, 2.45) is 5.92 Å². The lowest BCUT2D eigenvalue weighted by Gasteiger charge is -2.27. The van der Waals surface area contributed by atoms with E-state index in [0.717, 1.165) is 5.56 Å². The first kappa shape index (κ1) is 17.0. The van der Waals surface area contributed by atoms with Crippen molar-refractivity contribution in [2.75, 3.05) is 0 Å². The molecule has 2 unspecified atom stereocenters. The molecule has 3 atom stereocenters. The van der Waals surface area contributed by atoms with Crippen molar-refractivity contribution in [3.63, 3.8) is 0 Å². The molecule has 0 aromatic heterocycles. The average Bonchev–Trinajstić information content (AvgIpc) is 2.61. The molecule has 0 aliphatic carbocycles. The van der Waals surface area contributed by atoms with Crippen LogP contribution in [0.3, 0.4) is 0 Å². The summed E-state index contributed by atoms with van der Waals surface area (Å²) < 4.78 is 0. The summed E-state index contributed by atoms with van der Waals surface area (Å²) in [7, 11) is 0. The van der Waals surface area contributed by atoms with Gasteiger partial charge in [0.15, 0.2) is 0 Å². The zero-order valence-corrected chi connectivity index (χ0v) is 13.4. The summed E-state index contributed by atoms with van der Waals surface area (Å²) in [6.45, 7) is 5.63. The van der Waals surface area contributed by atoms with Gasteiger partial charge in [-0.1, -0.05) is 61.5 Å². The van der Waals surface area contributed by atoms with Crippen molar-refractivity contribution < 1.29 is 9.90 Å². The molecule has 2 aromatic rings. The molecule has 3 heteroatoms. The van der Waals surface area contributed by atoms with E-state index >= 15 is 0 Å². The fraction of sp³-hybridized carbons (Fsp3) is 0.250. The Balaban J connectivity index is 2.16. The van der Waals surface area contributed by atoms with Crippen molar-refractivity contribution in [1.82, 2.24) is 5.32 Å². The standard InChI is InChI=1S/C20H23NO2/c1-3-15(2)19(22)18(14-16-10-6-4-7-11-16)21-20(23)17-12-8-5-9-13-17/h3-13,15,18-19,22H,1,14H2,2H3,(H,21,23)/t15?,18-,19?/m0/s1. The topological polar surface area (TPSA) is 49.3 Å². The van der Waals surface area contributed by atoms with E-state index in [4.69, 9.17) is 0 Å². The number of benzene rings is 2. The van der Waals surface area contributed by atoms with Gasteiger partial charge in [-0.25, -0.2) is 0 Å². The molecule has 120 valence electrons. The molecule has 0 aliphatic rings. The highest BCUT2D eigenvalue weighted by molar-refractivity contribution is 5.94. The van der Waals surface area contributed by atoms with Crippen LogP contribution in [0.1, 0.15) is 22.8 Å². The second kappa shape index (κ2) is 8.30. The fourth-order valence-corrected chi connectivity index (χ4v) is 2.47. The molecular weight excluding hydrogens is 286 g/mol. The number of nitrogens with one attached hydrogen (secondary N) is 1. The van der Waals surface area contributed by atoms with Gasteiger partial charge in [0.2, 0.25) is 0 Å². The molecule has 0 radical (unpaired) electrons. The van der Waals surface area contributed by atoms with E-state index in [1.54, 1.807) is 18.2 Å². The molecule has 0 saturated heterocycles. The van der Waals surface area contributed by atoms with Crippen molar-refractivity contribution in [3.05, 3.63) is 84.4 Å². The van der Waals surface area contributed by atoms with E-state index in [9.17, 15) is 9.90 Å². The van der Waals surface area contributed by atoms with Crippen molar-refractivity contribution in [3.8, 4) is 0 Å². The molecule has 0 spiro atoms. The first-order chi connectivity index (χ1) is 11.1. The Morgan fingerprint density at radius 1 is 1.13 bits per heavy atom. The summed E-state index contributed by atoms with van der Waals surface area (Å²) >= 11 is 0. The molecule has 23 heavy (non-hydrogen) atoms. The molecule has 0 heterocycles. The van der Waals surface area contributed by atoms with Gasteiger partial charge in [-0.15, -0.1) is 6.58 Å². The smallest absolute Gasteiger partial charge is 0.251 e. The summed E-state index contributed by atoms with van der Waals surface area (Å²) in [5.41, 5.74) is 1.66. The average molecular weight is 309 g/mol. The summed E-state index contributed by atoms with van der Waals surface area (Å²) in [4.78, 5) is 12.4. The van der Waals surface area contributed by atoms with E-state index in [1.807, 2.05) is 55.5 Å². The highest BCUT2D eigenvalue weighted by Crippen LogP contribution is 2.14. The first-order valence-corrected chi connectivity index (χ1v) is 7.82. The summed E-state index contributed by atoms with van der Waals surface area (Å²) in [5.74, 6) is -0.290. The SMILES string of the molecule is C=CC(C)C(O)[C@H](Cc1ccccc1)NC(=O)c1ccccc1. The predicted octanol–water partition coefficient (Wildman–Crippen LogP) is 3.21. The Labute approximate surface area is 137 Å². The molecular formula is C20H23NO2. The maximum absolute atomic E-state index is 12.4. The van der Waals surface area contributed by atoms with Gasteiger partial charge >= 0.3 is 0 Å². The van der Waals surface area contributed by atoms with E-state index in [1.165, 1.54) is 0 Å². The number of carbonyl (C=O) groups is 1. The molecule has 2 rings (SSSR count). The normalized spacial score (nSPS) is 14.5. The Morgan fingerprint density at radius 2 is 1.70 bits per heavy atom. The van der Waals surface area contributed by atoms with Gasteiger partial charge in [0.1, 0.15) is 0 Å². The Kier molecular flexibility index (Phi) is 6.12. The van der Waals surface area contributed by atoms with Crippen LogP contribution in [0.4, 0.5) is 0 Å². The second-order valence-corrected chi connectivity index (χ2v) is 5.72. The monoisotopic (exact) mass is 309 g/mol. The maximum atomic E-state index is 12.4. The minimum Gasteiger partial charge on any atom is -0.390 e. The Morgan fingerprint density at radius 3 is 2.26 bits per heavy atom. The highest BCUT2D eigenvalue weighted by Gasteiger charge is 2.25. The summed E-state index contributed by atoms with van der Waals surface area (Å²) in [6, 6.07) is 18.5. The van der Waals surface area contributed by atoms with E-state index in [0.29, 0.717) is 12.0 Å². The zero-order valence-electron chi connectivity index (χ0n) is 13.4. The molecule has 2 aromatic carbocycles. The lowest BCUT2D eigenvalue weighted by Crippen LogP contribution is -2.47. The third-order valence-corrected chi connectivity index (χ3v) is 3.97. The second-order valence-electron chi connectivity index (χ2n) is 5.72. The molecule has 0 fully saturated rings. The molecule has 1 amide bonds. The third kappa shape index (κ3) is 4.80. The third-order valence-electron chi connectivity index (χ3n) is 3.97. The molecule has 3 nitrogen and oxygen atoms in total. The minimum absolute atomic E-state index is 0.111. The number of aliphatic hydroxyl groups excluding tert-OH is 1. The lowest BCUT2D eigenvalue weighted by molar-refractivity contribution is 0.0738. The molecule has 0 aliphatic heterocycles. The van der Waals surface area contributed by atoms with Crippen LogP contribution >= 0.6 is 0 Å². The first-order valence-electron chi connectivity index (χ1n) is 7.82. The predicted molar refractivity (Wildman–Crippen MR) is 93.2 cm³/mol. The van der Waals surface area contributed by atoms with Crippen LogP contribution in [-0.2, 0) is 6.42 Å². The van der Waals surface area contributed by atoms with Crippen LogP contribution in [0.15, 0.2) is 73.3 Å². The van der Waals surface area contributed by atoms with Gasteiger partial charge in [0, 0.05) is 11.5 Å². The minimum atomic E-state index is -0.694. The highest BCUT2D eigenvalue weighted by atomic mass is 16.3. The number of aliphatic hydroxyl groups is 1. The van der Waals surface area contributed by atoms with Gasteiger partial charge in [0.25, 0.3) is 5.91 Å². The van der Waals surface area contributed by atoms with Gasteiger partial charge in [-0.3, -0.25) is 4.79 Å². The van der Waals surface area contributed by atoms with E-state index < -0.39 is 6.10 Å². The Bertz CT molecular complexity index is 625.